The van der Waals surface area contributed by atoms with Gasteiger partial charge in [-0.25, -0.2) is 0 Å². The van der Waals surface area contributed by atoms with Crippen molar-refractivity contribution in [1.82, 2.24) is 0 Å². The van der Waals surface area contributed by atoms with Gasteiger partial charge in [-0.3, -0.25) is 9.59 Å². The maximum Gasteiger partial charge on any atom is 0.137 e. The van der Waals surface area contributed by atoms with E-state index < -0.39 is 0 Å². The lowest BCUT2D eigenvalue weighted by Gasteiger charge is -2.61. The highest BCUT2D eigenvalue weighted by Gasteiger charge is 2.63. The Morgan fingerprint density at radius 2 is 1.77 bits per heavy atom. The highest BCUT2D eigenvalue weighted by atomic mass is 16.3. The summed E-state index contributed by atoms with van der Waals surface area (Å²) in [6.45, 7) is 8.88. The highest BCUT2D eigenvalue weighted by Crippen LogP contribution is 2.67. The standard InChI is InChI=1S/C27H44O4/c1-16(15-28)5-8-23(30)17(2)25-24(31)14-22-20-7-6-18-13-19(29)9-11-26(18,3)21(20)10-12-27(22,25)4/h16-22,25,28-29H,5-15H2,1-4H3/t16-,17+,18?,19-,20+,21-,22-,25-,26-,27-/m0/s1. The van der Waals surface area contributed by atoms with Gasteiger partial charge in [-0.2, -0.15) is 0 Å². The molecular formula is C27H44O4. The average Bonchev–Trinajstić information content (AvgIpc) is 3.01. The monoisotopic (exact) mass is 432 g/mol. The molecule has 31 heavy (non-hydrogen) atoms. The van der Waals surface area contributed by atoms with Crippen LogP contribution in [0.1, 0.15) is 91.9 Å². The van der Waals surface area contributed by atoms with Gasteiger partial charge in [-0.05, 0) is 91.8 Å². The molecule has 4 fully saturated rings. The summed E-state index contributed by atoms with van der Waals surface area (Å²) in [5.41, 5.74) is 0.264. The predicted octanol–water partition coefficient (Wildman–Crippen LogP) is 4.80. The van der Waals surface area contributed by atoms with Gasteiger partial charge >= 0.3 is 0 Å². The van der Waals surface area contributed by atoms with Crippen molar-refractivity contribution in [2.45, 2.75) is 98.0 Å². The average molecular weight is 433 g/mol. The van der Waals surface area contributed by atoms with Crippen molar-refractivity contribution in [2.24, 2.45) is 52.3 Å². The summed E-state index contributed by atoms with van der Waals surface area (Å²) in [6, 6.07) is 0. The van der Waals surface area contributed by atoms with E-state index in [2.05, 4.69) is 13.8 Å². The first kappa shape index (κ1) is 23.4. The third-order valence-electron chi connectivity index (χ3n) is 10.8. The SMILES string of the molecule is C[C@H](CO)CCC(=O)[C@@H](C)[C@H]1C(=O)C[C@H]2[C@@H]3CCC4C[C@@H](O)CC[C@]4(C)[C@H]3CC[C@]12C. The molecule has 0 heterocycles. The molecule has 4 saturated carbocycles. The van der Waals surface area contributed by atoms with Crippen LogP contribution in [-0.2, 0) is 9.59 Å². The number of hydrogen-bond acceptors (Lipinski definition) is 4. The Labute approximate surface area is 188 Å². The minimum absolute atomic E-state index is 0.0483. The summed E-state index contributed by atoms with van der Waals surface area (Å²) >= 11 is 0. The summed E-state index contributed by atoms with van der Waals surface area (Å²) in [5, 5.41) is 19.5. The lowest BCUT2D eigenvalue weighted by Crippen LogP contribution is -2.54. The molecule has 1 unspecified atom stereocenters. The number of aliphatic hydroxyl groups is 2. The van der Waals surface area contributed by atoms with E-state index in [1.54, 1.807) is 0 Å². The summed E-state index contributed by atoms with van der Waals surface area (Å²) in [7, 11) is 0. The van der Waals surface area contributed by atoms with Crippen molar-refractivity contribution in [2.75, 3.05) is 6.61 Å². The van der Waals surface area contributed by atoms with Crippen LogP contribution >= 0.6 is 0 Å². The molecule has 176 valence electrons. The zero-order valence-corrected chi connectivity index (χ0v) is 20.1. The molecule has 0 bridgehead atoms. The molecule has 0 radical (unpaired) electrons. The first-order valence-corrected chi connectivity index (χ1v) is 13.0. The zero-order valence-electron chi connectivity index (χ0n) is 20.1. The number of Topliss-reactive ketones (excluding diaryl/α,β-unsaturated/α-hetero) is 2. The topological polar surface area (TPSA) is 74.6 Å². The van der Waals surface area contributed by atoms with Crippen LogP contribution < -0.4 is 0 Å². The molecule has 4 heteroatoms. The highest BCUT2D eigenvalue weighted by molar-refractivity contribution is 5.92. The van der Waals surface area contributed by atoms with Gasteiger partial charge in [0.1, 0.15) is 11.6 Å². The Bertz CT molecular complexity index is 703. The fourth-order valence-corrected chi connectivity index (χ4v) is 8.81. The van der Waals surface area contributed by atoms with Crippen molar-refractivity contribution >= 4 is 11.6 Å². The van der Waals surface area contributed by atoms with Gasteiger partial charge in [-0.15, -0.1) is 0 Å². The van der Waals surface area contributed by atoms with Gasteiger partial charge in [0.25, 0.3) is 0 Å². The van der Waals surface area contributed by atoms with Gasteiger partial charge in [0, 0.05) is 31.3 Å². The largest absolute Gasteiger partial charge is 0.396 e. The number of ketones is 2. The molecule has 2 N–H and O–H groups in total. The number of carbonyl (C=O) groups excluding carboxylic acids is 2. The van der Waals surface area contributed by atoms with Crippen molar-refractivity contribution in [3.8, 4) is 0 Å². The molecular weight excluding hydrogens is 388 g/mol. The van der Waals surface area contributed by atoms with Crippen molar-refractivity contribution in [3.63, 3.8) is 0 Å². The van der Waals surface area contributed by atoms with E-state index in [1.807, 2.05) is 13.8 Å². The number of rotatable bonds is 6. The molecule has 10 atom stereocenters. The number of fused-ring (bicyclic) bond motifs is 5. The van der Waals surface area contributed by atoms with Gasteiger partial charge in [0.05, 0.1) is 6.10 Å². The van der Waals surface area contributed by atoms with Crippen LogP contribution in [0.4, 0.5) is 0 Å². The van der Waals surface area contributed by atoms with E-state index >= 15 is 0 Å². The van der Waals surface area contributed by atoms with Gasteiger partial charge in [0.15, 0.2) is 0 Å². The third kappa shape index (κ3) is 3.84. The normalized spacial score (nSPS) is 46.6. The molecule has 0 spiro atoms. The molecule has 0 aromatic rings. The first-order valence-electron chi connectivity index (χ1n) is 13.0. The van der Waals surface area contributed by atoms with Gasteiger partial charge in [0.2, 0.25) is 0 Å². The van der Waals surface area contributed by atoms with Crippen molar-refractivity contribution in [1.29, 1.82) is 0 Å². The third-order valence-corrected chi connectivity index (χ3v) is 10.8. The fourth-order valence-electron chi connectivity index (χ4n) is 8.81. The van der Waals surface area contributed by atoms with Crippen LogP contribution in [0, 0.1) is 52.3 Å². The van der Waals surface area contributed by atoms with E-state index in [0.29, 0.717) is 54.1 Å². The van der Waals surface area contributed by atoms with E-state index in [0.717, 1.165) is 25.7 Å². The van der Waals surface area contributed by atoms with Crippen LogP contribution in [0.25, 0.3) is 0 Å². The number of carbonyl (C=O) groups is 2. The zero-order chi connectivity index (χ0) is 22.6. The summed E-state index contributed by atoms with van der Waals surface area (Å²) in [4.78, 5) is 26.3. The molecule has 4 aliphatic carbocycles. The molecule has 4 rings (SSSR count). The fraction of sp³-hybridized carbons (Fsp3) is 0.926. The Hall–Kier alpha value is -0.740. The predicted molar refractivity (Wildman–Crippen MR) is 121 cm³/mol. The number of hydrogen-bond donors (Lipinski definition) is 2. The maximum atomic E-state index is 13.3. The summed E-state index contributed by atoms with van der Waals surface area (Å²) < 4.78 is 0. The number of aliphatic hydroxyl groups excluding tert-OH is 2. The smallest absolute Gasteiger partial charge is 0.137 e. The Balaban J connectivity index is 1.52. The second-order valence-corrected chi connectivity index (χ2v) is 12.4. The second kappa shape index (κ2) is 8.56. The molecule has 0 aromatic carbocycles. The lowest BCUT2D eigenvalue weighted by atomic mass is 9.44. The Morgan fingerprint density at radius 1 is 1.06 bits per heavy atom. The van der Waals surface area contributed by atoms with Crippen molar-refractivity contribution in [3.05, 3.63) is 0 Å². The molecule has 4 nitrogen and oxygen atoms in total. The minimum atomic E-state index is -0.207. The van der Waals surface area contributed by atoms with Crippen LogP contribution in [0.2, 0.25) is 0 Å². The maximum absolute atomic E-state index is 13.3. The lowest BCUT2D eigenvalue weighted by molar-refractivity contribution is -0.140. The molecule has 0 aromatic heterocycles. The van der Waals surface area contributed by atoms with E-state index in [1.165, 1.54) is 19.3 Å². The Kier molecular flexibility index (Phi) is 6.46. The van der Waals surface area contributed by atoms with E-state index in [9.17, 15) is 19.8 Å². The quantitative estimate of drug-likeness (QED) is 0.632. The molecule has 0 amide bonds. The van der Waals surface area contributed by atoms with Gasteiger partial charge in [-0.1, -0.05) is 27.7 Å². The van der Waals surface area contributed by atoms with Crippen molar-refractivity contribution < 1.29 is 19.8 Å². The van der Waals surface area contributed by atoms with E-state index in [-0.39, 0.29) is 41.7 Å². The van der Waals surface area contributed by atoms with Crippen LogP contribution in [-0.4, -0.2) is 34.5 Å². The van der Waals surface area contributed by atoms with E-state index in [4.69, 9.17) is 0 Å². The minimum Gasteiger partial charge on any atom is -0.396 e. The van der Waals surface area contributed by atoms with Crippen LogP contribution in [0.15, 0.2) is 0 Å². The first-order chi connectivity index (χ1) is 14.6. The summed E-state index contributed by atoms with van der Waals surface area (Å²) in [5.74, 6) is 2.65. The molecule has 0 aliphatic heterocycles. The Morgan fingerprint density at radius 3 is 2.48 bits per heavy atom. The van der Waals surface area contributed by atoms with Crippen LogP contribution in [0.3, 0.4) is 0 Å². The summed E-state index contributed by atoms with van der Waals surface area (Å²) in [6.07, 6.45) is 9.34. The van der Waals surface area contributed by atoms with Gasteiger partial charge < -0.3 is 10.2 Å². The molecule has 4 aliphatic rings. The molecule has 0 saturated heterocycles. The van der Waals surface area contributed by atoms with Crippen LogP contribution in [0.5, 0.6) is 0 Å². The second-order valence-electron chi connectivity index (χ2n) is 12.4.